The summed E-state index contributed by atoms with van der Waals surface area (Å²) in [5, 5.41) is 5.01. The van der Waals surface area contributed by atoms with Crippen LogP contribution in [0.5, 0.6) is 0 Å². The summed E-state index contributed by atoms with van der Waals surface area (Å²) < 4.78 is 4.63. The molecule has 1 aliphatic heterocycles. The fourth-order valence-corrected chi connectivity index (χ4v) is 1.56. The molecule has 2 atom stereocenters. The highest BCUT2D eigenvalue weighted by Gasteiger charge is 2.35. The van der Waals surface area contributed by atoms with Crippen LogP contribution in [0.25, 0.3) is 0 Å². The zero-order valence-electron chi connectivity index (χ0n) is 9.57. The normalized spacial score (nSPS) is 22.1. The molecule has 0 aromatic carbocycles. The van der Waals surface area contributed by atoms with Crippen LogP contribution >= 0.6 is 0 Å². The second-order valence-electron chi connectivity index (χ2n) is 4.08. The average Bonchev–Trinajstić information content (AvgIpc) is 2.52. The molecule has 6 heteroatoms. The first kappa shape index (κ1) is 12.6. The number of esters is 1. The highest BCUT2D eigenvalue weighted by molar-refractivity contribution is 6.05. The molecule has 0 saturated carbocycles. The fourth-order valence-electron chi connectivity index (χ4n) is 1.56. The molecule has 0 aromatic heterocycles. The Bertz CT molecular complexity index is 314. The van der Waals surface area contributed by atoms with Crippen molar-refractivity contribution >= 4 is 17.8 Å². The second-order valence-corrected chi connectivity index (χ2v) is 4.08. The predicted molar refractivity (Wildman–Crippen MR) is 55.3 cm³/mol. The lowest BCUT2D eigenvalue weighted by molar-refractivity contribution is -0.144. The van der Waals surface area contributed by atoms with E-state index in [9.17, 15) is 14.4 Å². The van der Waals surface area contributed by atoms with Crippen molar-refractivity contribution in [3.63, 3.8) is 0 Å². The summed E-state index contributed by atoms with van der Waals surface area (Å²) in [6, 6.07) is -1.22. The van der Waals surface area contributed by atoms with Gasteiger partial charge in [-0.15, -0.1) is 0 Å². The van der Waals surface area contributed by atoms with E-state index in [0.717, 1.165) is 0 Å². The minimum Gasteiger partial charge on any atom is -0.468 e. The molecule has 1 saturated heterocycles. The molecule has 6 nitrogen and oxygen atoms in total. The van der Waals surface area contributed by atoms with Crippen LogP contribution in [0, 0.1) is 5.92 Å². The predicted octanol–water partition coefficient (Wildman–Crippen LogP) is -0.811. The molecule has 0 radical (unpaired) electrons. The molecule has 90 valence electrons. The van der Waals surface area contributed by atoms with Crippen molar-refractivity contribution in [3.05, 3.63) is 0 Å². The van der Waals surface area contributed by atoms with Gasteiger partial charge in [0.05, 0.1) is 19.6 Å². The number of ether oxygens (including phenoxy) is 1. The number of carbonyl (C=O) groups excluding carboxylic acids is 3. The Morgan fingerprint density at radius 3 is 2.50 bits per heavy atom. The maximum atomic E-state index is 11.4. The SMILES string of the molecule is COC(=O)C(NC1CC(=O)NC1=O)C(C)C. The average molecular weight is 228 g/mol. The lowest BCUT2D eigenvalue weighted by atomic mass is 10.0. The van der Waals surface area contributed by atoms with Gasteiger partial charge in [-0.05, 0) is 5.92 Å². The van der Waals surface area contributed by atoms with Crippen molar-refractivity contribution in [1.82, 2.24) is 10.6 Å². The standard InChI is InChI=1S/C10H16N2O4/c1-5(2)8(10(15)16-3)11-6-4-7(13)12-9(6)14/h5-6,8,11H,4H2,1-3H3,(H,12,13,14). The number of nitrogens with one attached hydrogen (secondary N) is 2. The van der Waals surface area contributed by atoms with Gasteiger partial charge < -0.3 is 4.74 Å². The zero-order valence-corrected chi connectivity index (χ0v) is 9.57. The van der Waals surface area contributed by atoms with E-state index in [1.807, 2.05) is 13.8 Å². The van der Waals surface area contributed by atoms with Gasteiger partial charge in [-0.25, -0.2) is 0 Å². The highest BCUT2D eigenvalue weighted by Crippen LogP contribution is 2.09. The summed E-state index contributed by atoms with van der Waals surface area (Å²) in [4.78, 5) is 33.7. The first-order chi connectivity index (χ1) is 7.45. The van der Waals surface area contributed by atoms with E-state index in [1.165, 1.54) is 7.11 Å². The van der Waals surface area contributed by atoms with Crippen molar-refractivity contribution < 1.29 is 19.1 Å². The number of carbonyl (C=O) groups is 3. The molecule has 16 heavy (non-hydrogen) atoms. The Hall–Kier alpha value is -1.43. The minimum absolute atomic E-state index is 0.0176. The number of methoxy groups -OCH3 is 1. The van der Waals surface area contributed by atoms with Crippen LogP contribution in [-0.4, -0.2) is 37.0 Å². The van der Waals surface area contributed by atoms with Crippen molar-refractivity contribution in [3.8, 4) is 0 Å². The topological polar surface area (TPSA) is 84.5 Å². The molecule has 1 heterocycles. The first-order valence-corrected chi connectivity index (χ1v) is 5.13. The van der Waals surface area contributed by atoms with E-state index in [2.05, 4.69) is 15.4 Å². The summed E-state index contributed by atoms with van der Waals surface area (Å²) in [6.07, 6.45) is 0.0685. The third kappa shape index (κ3) is 2.79. The van der Waals surface area contributed by atoms with E-state index < -0.39 is 18.1 Å². The van der Waals surface area contributed by atoms with Crippen LogP contribution in [0.1, 0.15) is 20.3 Å². The molecule has 2 unspecified atom stereocenters. The number of hydrogen-bond donors (Lipinski definition) is 2. The van der Waals surface area contributed by atoms with Gasteiger partial charge in [-0.2, -0.15) is 0 Å². The van der Waals surface area contributed by atoms with E-state index in [1.54, 1.807) is 0 Å². The number of amides is 2. The van der Waals surface area contributed by atoms with Gasteiger partial charge in [-0.1, -0.05) is 13.8 Å². The van der Waals surface area contributed by atoms with Crippen LogP contribution in [0.3, 0.4) is 0 Å². The molecular weight excluding hydrogens is 212 g/mol. The molecule has 0 aromatic rings. The van der Waals surface area contributed by atoms with E-state index >= 15 is 0 Å². The maximum Gasteiger partial charge on any atom is 0.323 e. The van der Waals surface area contributed by atoms with Gasteiger partial charge in [0.2, 0.25) is 11.8 Å². The molecule has 2 N–H and O–H groups in total. The molecule has 1 rings (SSSR count). The first-order valence-electron chi connectivity index (χ1n) is 5.13. The molecular formula is C10H16N2O4. The Balaban J connectivity index is 2.65. The molecule has 1 aliphatic rings. The Morgan fingerprint density at radius 2 is 2.12 bits per heavy atom. The van der Waals surface area contributed by atoms with Crippen LogP contribution < -0.4 is 10.6 Å². The largest absolute Gasteiger partial charge is 0.468 e. The van der Waals surface area contributed by atoms with Crippen LogP contribution in [0.2, 0.25) is 0 Å². The zero-order chi connectivity index (χ0) is 12.3. The summed E-state index contributed by atoms with van der Waals surface area (Å²) >= 11 is 0. The van der Waals surface area contributed by atoms with E-state index in [0.29, 0.717) is 0 Å². The van der Waals surface area contributed by atoms with Gasteiger partial charge >= 0.3 is 5.97 Å². The third-order valence-corrected chi connectivity index (χ3v) is 2.47. The van der Waals surface area contributed by atoms with Gasteiger partial charge in [0, 0.05) is 0 Å². The quantitative estimate of drug-likeness (QED) is 0.485. The van der Waals surface area contributed by atoms with Crippen molar-refractivity contribution in [2.24, 2.45) is 5.92 Å². The van der Waals surface area contributed by atoms with E-state index in [-0.39, 0.29) is 24.2 Å². The van der Waals surface area contributed by atoms with E-state index in [4.69, 9.17) is 0 Å². The number of hydrogen-bond acceptors (Lipinski definition) is 5. The number of rotatable bonds is 4. The monoisotopic (exact) mass is 228 g/mol. The molecule has 0 spiro atoms. The summed E-state index contributed by atoms with van der Waals surface area (Å²) in [6.45, 7) is 3.67. The van der Waals surface area contributed by atoms with Gasteiger partial charge in [0.15, 0.2) is 0 Å². The van der Waals surface area contributed by atoms with Crippen molar-refractivity contribution in [2.75, 3.05) is 7.11 Å². The van der Waals surface area contributed by atoms with Crippen LogP contribution in [0.4, 0.5) is 0 Å². The van der Waals surface area contributed by atoms with Crippen molar-refractivity contribution in [2.45, 2.75) is 32.4 Å². The number of imide groups is 1. The van der Waals surface area contributed by atoms with Crippen LogP contribution in [-0.2, 0) is 19.1 Å². The lowest BCUT2D eigenvalue weighted by Gasteiger charge is -2.22. The molecule has 1 fully saturated rings. The smallest absolute Gasteiger partial charge is 0.323 e. The van der Waals surface area contributed by atoms with Crippen molar-refractivity contribution in [1.29, 1.82) is 0 Å². The highest BCUT2D eigenvalue weighted by atomic mass is 16.5. The Morgan fingerprint density at radius 1 is 1.50 bits per heavy atom. The maximum absolute atomic E-state index is 11.4. The van der Waals surface area contributed by atoms with Gasteiger partial charge in [0.1, 0.15) is 6.04 Å². The molecule has 2 amide bonds. The molecule has 0 bridgehead atoms. The second kappa shape index (κ2) is 5.07. The third-order valence-electron chi connectivity index (χ3n) is 2.47. The fraction of sp³-hybridized carbons (Fsp3) is 0.700. The molecule has 0 aliphatic carbocycles. The van der Waals surface area contributed by atoms with Gasteiger partial charge in [0.25, 0.3) is 0 Å². The Labute approximate surface area is 93.7 Å². The summed E-state index contributed by atoms with van der Waals surface area (Å²) in [5.74, 6) is -1.16. The summed E-state index contributed by atoms with van der Waals surface area (Å²) in [5.41, 5.74) is 0. The van der Waals surface area contributed by atoms with Gasteiger partial charge in [-0.3, -0.25) is 25.0 Å². The van der Waals surface area contributed by atoms with Crippen LogP contribution in [0.15, 0.2) is 0 Å². The Kier molecular flexibility index (Phi) is 4.00. The lowest BCUT2D eigenvalue weighted by Crippen LogP contribution is -2.49. The minimum atomic E-state index is -0.640. The summed E-state index contributed by atoms with van der Waals surface area (Å²) in [7, 11) is 1.29.